The molecule has 3 rings (SSSR count). The largest absolute Gasteiger partial charge is 0.511 e. The molecule has 0 saturated carbocycles. The fourth-order valence-corrected chi connectivity index (χ4v) is 2.48. The number of hydrogen-bond donors (Lipinski definition) is 1. The molecular weight excluding hydrogens is 330 g/mol. The second kappa shape index (κ2) is 7.60. The molecule has 0 aromatic carbocycles. The van der Waals surface area contributed by atoms with Crippen LogP contribution in [0, 0.1) is 5.92 Å². The van der Waals surface area contributed by atoms with Crippen molar-refractivity contribution >= 4 is 23.2 Å². The average Bonchev–Trinajstić information content (AvgIpc) is 3.16. The van der Waals surface area contributed by atoms with E-state index in [2.05, 4.69) is 4.98 Å². The highest BCUT2D eigenvalue weighted by atomic mass is 16.8. The number of carbonyl (C=O) groups excluding carboxylic acids is 2. The van der Waals surface area contributed by atoms with Gasteiger partial charge in [0.25, 0.3) is 6.29 Å². The lowest BCUT2D eigenvalue weighted by molar-refractivity contribution is -0.124. The van der Waals surface area contributed by atoms with E-state index in [1.54, 1.807) is 19.9 Å². The minimum absolute atomic E-state index is 0.224. The fourth-order valence-electron chi connectivity index (χ4n) is 2.48. The van der Waals surface area contributed by atoms with E-state index < -0.39 is 18.4 Å². The van der Waals surface area contributed by atoms with E-state index in [0.717, 1.165) is 0 Å². The third-order valence-corrected chi connectivity index (χ3v) is 3.87. The molecule has 25 heavy (non-hydrogen) atoms. The van der Waals surface area contributed by atoms with Gasteiger partial charge in [-0.2, -0.15) is 0 Å². The van der Waals surface area contributed by atoms with Gasteiger partial charge < -0.3 is 28.3 Å². The van der Waals surface area contributed by atoms with Gasteiger partial charge in [-0.15, -0.1) is 0 Å². The zero-order valence-corrected chi connectivity index (χ0v) is 14.2. The smallest absolute Gasteiger partial charge is 0.463 e. The van der Waals surface area contributed by atoms with Gasteiger partial charge in [0.15, 0.2) is 5.58 Å². The monoisotopic (exact) mass is 351 g/mol. The Balaban J connectivity index is 1.57. The van der Waals surface area contributed by atoms with Gasteiger partial charge in [-0.25, -0.2) is 9.59 Å². The number of furan rings is 1. The topological polar surface area (TPSA) is 100.0 Å². The minimum Gasteiger partial charge on any atom is -0.463 e. The first kappa shape index (κ1) is 17.3. The summed E-state index contributed by atoms with van der Waals surface area (Å²) in [6.07, 6.45) is 0.641. The number of nitrogens with one attached hydrogen (secondary N) is 1. The van der Waals surface area contributed by atoms with Gasteiger partial charge in [-0.1, -0.05) is 13.8 Å². The molecule has 0 aliphatic carbocycles. The number of hydrogen-bond acceptors (Lipinski definition) is 7. The number of aromatic amines is 1. The van der Waals surface area contributed by atoms with Crippen LogP contribution in [0.5, 0.6) is 0 Å². The van der Waals surface area contributed by atoms with Crippen molar-refractivity contribution < 1.29 is 33.0 Å². The minimum atomic E-state index is -1.05. The van der Waals surface area contributed by atoms with E-state index in [4.69, 9.17) is 23.4 Å². The molecule has 1 aliphatic rings. The van der Waals surface area contributed by atoms with Crippen LogP contribution in [-0.4, -0.2) is 42.7 Å². The van der Waals surface area contributed by atoms with Gasteiger partial charge in [0.1, 0.15) is 11.8 Å². The quantitative estimate of drug-likeness (QED) is 0.652. The Labute approximate surface area is 144 Å². The van der Waals surface area contributed by atoms with Crippen LogP contribution in [0.25, 0.3) is 11.1 Å². The van der Waals surface area contributed by atoms with Crippen LogP contribution in [0.1, 0.15) is 37.2 Å². The van der Waals surface area contributed by atoms with Gasteiger partial charge in [0.2, 0.25) is 0 Å². The van der Waals surface area contributed by atoms with Crippen LogP contribution in [-0.2, 0) is 18.9 Å². The van der Waals surface area contributed by atoms with E-state index in [1.807, 2.05) is 0 Å². The highest BCUT2D eigenvalue weighted by molar-refractivity contribution is 5.93. The predicted molar refractivity (Wildman–Crippen MR) is 86.0 cm³/mol. The second-order valence-corrected chi connectivity index (χ2v) is 6.20. The van der Waals surface area contributed by atoms with Crippen molar-refractivity contribution in [3.63, 3.8) is 0 Å². The fraction of sp³-hybridized carbons (Fsp3) is 0.529. The normalized spacial score (nSPS) is 16.8. The SMILES string of the molecule is CC(C)C(OC(=O)OC1CCOCC1)OC(=O)c1cc2occc2[nH]1. The first-order valence-corrected chi connectivity index (χ1v) is 8.25. The van der Waals surface area contributed by atoms with Gasteiger partial charge >= 0.3 is 12.1 Å². The molecule has 1 N–H and O–H groups in total. The third-order valence-electron chi connectivity index (χ3n) is 3.87. The van der Waals surface area contributed by atoms with Crippen LogP contribution in [0.15, 0.2) is 22.8 Å². The number of carbonyl (C=O) groups is 2. The lowest BCUT2D eigenvalue weighted by atomic mass is 10.2. The van der Waals surface area contributed by atoms with Crippen molar-refractivity contribution in [3.8, 4) is 0 Å². The van der Waals surface area contributed by atoms with Gasteiger partial charge in [0, 0.05) is 30.9 Å². The first-order valence-electron chi connectivity index (χ1n) is 8.25. The summed E-state index contributed by atoms with van der Waals surface area (Å²) in [6.45, 7) is 4.66. The third kappa shape index (κ3) is 4.33. The number of fused-ring (bicyclic) bond motifs is 1. The number of H-pyrrole nitrogens is 1. The summed E-state index contributed by atoms with van der Waals surface area (Å²) in [5.74, 6) is -0.867. The molecule has 0 radical (unpaired) electrons. The average molecular weight is 351 g/mol. The zero-order valence-electron chi connectivity index (χ0n) is 14.2. The zero-order chi connectivity index (χ0) is 17.8. The van der Waals surface area contributed by atoms with Gasteiger partial charge in [-0.3, -0.25) is 0 Å². The summed E-state index contributed by atoms with van der Waals surface area (Å²) in [6, 6.07) is 3.24. The predicted octanol–water partition coefficient (Wildman–Crippen LogP) is 3.23. The van der Waals surface area contributed by atoms with Crippen molar-refractivity contribution in [1.29, 1.82) is 0 Å². The molecular formula is C17H21NO7. The molecule has 8 nitrogen and oxygen atoms in total. The van der Waals surface area contributed by atoms with Crippen molar-refractivity contribution in [2.45, 2.75) is 39.1 Å². The van der Waals surface area contributed by atoms with Crippen molar-refractivity contribution in [2.24, 2.45) is 5.92 Å². The van der Waals surface area contributed by atoms with Crippen LogP contribution in [0.3, 0.4) is 0 Å². The van der Waals surface area contributed by atoms with E-state index in [9.17, 15) is 9.59 Å². The molecule has 3 heterocycles. The summed E-state index contributed by atoms with van der Waals surface area (Å²) in [5, 5.41) is 0. The van der Waals surface area contributed by atoms with E-state index in [1.165, 1.54) is 12.3 Å². The first-order chi connectivity index (χ1) is 12.0. The molecule has 1 unspecified atom stereocenters. The molecule has 1 aliphatic heterocycles. The van der Waals surface area contributed by atoms with Gasteiger partial charge in [0.05, 0.1) is 25.0 Å². The number of ether oxygens (including phenoxy) is 4. The maximum atomic E-state index is 12.3. The summed E-state index contributed by atoms with van der Waals surface area (Å²) in [4.78, 5) is 27.1. The van der Waals surface area contributed by atoms with Crippen LogP contribution >= 0.6 is 0 Å². The number of aromatic nitrogens is 1. The second-order valence-electron chi connectivity index (χ2n) is 6.20. The molecule has 1 fully saturated rings. The van der Waals surface area contributed by atoms with E-state index in [-0.39, 0.29) is 17.7 Å². The van der Waals surface area contributed by atoms with Crippen molar-refractivity contribution in [2.75, 3.05) is 13.2 Å². The molecule has 1 atom stereocenters. The van der Waals surface area contributed by atoms with Gasteiger partial charge in [-0.05, 0) is 0 Å². The van der Waals surface area contributed by atoms with E-state index in [0.29, 0.717) is 37.2 Å². The van der Waals surface area contributed by atoms with E-state index >= 15 is 0 Å². The molecule has 0 amide bonds. The maximum absolute atomic E-state index is 12.3. The molecule has 0 bridgehead atoms. The van der Waals surface area contributed by atoms with Crippen LogP contribution in [0.2, 0.25) is 0 Å². The summed E-state index contributed by atoms with van der Waals surface area (Å²) >= 11 is 0. The Morgan fingerprint density at radius 2 is 2.00 bits per heavy atom. The standard InChI is InChI=1S/C17H21NO7/c1-10(2)16(25-17(20)23-11-3-6-21-7-4-11)24-15(19)13-9-14-12(18-13)5-8-22-14/h5,8-11,16,18H,3-4,6-7H2,1-2H3. The highest BCUT2D eigenvalue weighted by Gasteiger charge is 2.27. The van der Waals surface area contributed by atoms with Crippen molar-refractivity contribution in [3.05, 3.63) is 24.1 Å². The summed E-state index contributed by atoms with van der Waals surface area (Å²) in [5.41, 5.74) is 1.46. The molecule has 0 spiro atoms. The Bertz CT molecular complexity index is 698. The van der Waals surface area contributed by atoms with Crippen LogP contribution < -0.4 is 0 Å². The lowest BCUT2D eigenvalue weighted by Crippen LogP contribution is -2.33. The molecule has 2 aromatic rings. The number of rotatable bonds is 5. The highest BCUT2D eigenvalue weighted by Crippen LogP contribution is 2.19. The Morgan fingerprint density at radius 1 is 1.24 bits per heavy atom. The Morgan fingerprint density at radius 3 is 2.68 bits per heavy atom. The summed E-state index contributed by atoms with van der Waals surface area (Å²) in [7, 11) is 0. The molecule has 1 saturated heterocycles. The Hall–Kier alpha value is -2.48. The summed E-state index contributed by atoms with van der Waals surface area (Å²) < 4.78 is 26.1. The molecule has 8 heteroatoms. The maximum Gasteiger partial charge on any atom is 0.511 e. The number of esters is 1. The molecule has 2 aromatic heterocycles. The lowest BCUT2D eigenvalue weighted by Gasteiger charge is -2.24. The van der Waals surface area contributed by atoms with Crippen LogP contribution in [0.4, 0.5) is 4.79 Å². The molecule has 136 valence electrons. The van der Waals surface area contributed by atoms with Crippen molar-refractivity contribution in [1.82, 2.24) is 4.98 Å². The Kier molecular flexibility index (Phi) is 5.28.